The number of aryl methyl sites for hydroxylation is 1. The molecule has 0 bridgehead atoms. The van der Waals surface area contributed by atoms with E-state index >= 15 is 0 Å². The maximum absolute atomic E-state index is 5.46. The van der Waals surface area contributed by atoms with Crippen LogP contribution in [0, 0.1) is 0 Å². The largest absolute Gasteiger partial charge is 0.385 e. The molecule has 0 saturated carbocycles. The zero-order chi connectivity index (χ0) is 11.4. The number of rotatable bonds is 4. The Morgan fingerprint density at radius 2 is 2.19 bits per heavy atom. The highest BCUT2D eigenvalue weighted by atomic mass is 14.9. The minimum Gasteiger partial charge on any atom is -0.385 e. The zero-order valence-corrected chi connectivity index (χ0v) is 9.61. The Morgan fingerprint density at radius 3 is 3.00 bits per heavy atom. The van der Waals surface area contributed by atoms with Crippen LogP contribution in [-0.2, 0) is 7.05 Å². The average Bonchev–Trinajstić information content (AvgIpc) is 2.30. The van der Waals surface area contributed by atoms with Gasteiger partial charge in [-0.1, -0.05) is 0 Å². The highest BCUT2D eigenvalue weighted by Crippen LogP contribution is 2.15. The molecular weight excluding hydrogens is 198 g/mol. The zero-order valence-electron chi connectivity index (χ0n) is 9.61. The molecule has 0 radical (unpaired) electrons. The predicted molar refractivity (Wildman–Crippen MR) is 67.3 cm³/mol. The molecule has 0 unspecified atom stereocenters. The third-order valence-electron chi connectivity index (χ3n) is 2.71. The fraction of sp³-hybridized carbons (Fsp3) is 0.308. The van der Waals surface area contributed by atoms with Gasteiger partial charge >= 0.3 is 0 Å². The van der Waals surface area contributed by atoms with Crippen molar-refractivity contribution in [3.8, 4) is 0 Å². The van der Waals surface area contributed by atoms with Crippen LogP contribution in [-0.4, -0.2) is 13.1 Å². The third kappa shape index (κ3) is 2.31. The van der Waals surface area contributed by atoms with E-state index in [2.05, 4.69) is 53.5 Å². The van der Waals surface area contributed by atoms with Crippen LogP contribution >= 0.6 is 0 Å². The van der Waals surface area contributed by atoms with Crippen molar-refractivity contribution >= 4 is 16.6 Å². The number of nitrogens with one attached hydrogen (secondary N) is 1. The van der Waals surface area contributed by atoms with Gasteiger partial charge in [-0.05, 0) is 31.2 Å². The molecule has 0 aliphatic heterocycles. The van der Waals surface area contributed by atoms with Crippen LogP contribution in [0.3, 0.4) is 0 Å². The summed E-state index contributed by atoms with van der Waals surface area (Å²) in [5.41, 5.74) is 7.85. The minimum atomic E-state index is 0.731. The van der Waals surface area contributed by atoms with Gasteiger partial charge < -0.3 is 11.1 Å². The molecule has 2 aromatic rings. The van der Waals surface area contributed by atoms with E-state index in [4.69, 9.17) is 5.73 Å². The Labute approximate surface area is 95.9 Å². The maximum atomic E-state index is 5.46. The lowest BCUT2D eigenvalue weighted by atomic mass is 10.2. The summed E-state index contributed by atoms with van der Waals surface area (Å²) in [6, 6.07) is 10.6. The van der Waals surface area contributed by atoms with E-state index in [0.717, 1.165) is 25.2 Å². The van der Waals surface area contributed by atoms with Crippen molar-refractivity contribution in [1.29, 1.82) is 0 Å². The summed E-state index contributed by atoms with van der Waals surface area (Å²) in [7, 11) is 2.06. The molecule has 1 heterocycles. The Bertz CT molecular complexity index is 480. The molecule has 3 N–H and O–H groups in total. The Kier molecular flexibility index (Phi) is 3.37. The molecular formula is C13H18N3+. The van der Waals surface area contributed by atoms with E-state index in [1.807, 2.05) is 0 Å². The fourth-order valence-electron chi connectivity index (χ4n) is 1.79. The normalized spacial score (nSPS) is 10.6. The lowest BCUT2D eigenvalue weighted by Gasteiger charge is -2.05. The second-order valence-electron chi connectivity index (χ2n) is 3.96. The summed E-state index contributed by atoms with van der Waals surface area (Å²) in [5, 5.41) is 4.63. The van der Waals surface area contributed by atoms with E-state index in [-0.39, 0.29) is 0 Å². The molecule has 3 nitrogen and oxygen atoms in total. The van der Waals surface area contributed by atoms with Crippen LogP contribution in [0.5, 0.6) is 0 Å². The monoisotopic (exact) mass is 216 g/mol. The first-order valence-corrected chi connectivity index (χ1v) is 5.63. The van der Waals surface area contributed by atoms with E-state index in [9.17, 15) is 0 Å². The molecule has 0 spiro atoms. The van der Waals surface area contributed by atoms with Crippen LogP contribution in [0.25, 0.3) is 10.9 Å². The molecule has 84 valence electrons. The summed E-state index contributed by atoms with van der Waals surface area (Å²) in [4.78, 5) is 0. The summed E-state index contributed by atoms with van der Waals surface area (Å²) < 4.78 is 2.13. The molecule has 0 amide bonds. The summed E-state index contributed by atoms with van der Waals surface area (Å²) >= 11 is 0. The molecule has 0 saturated heterocycles. The number of benzene rings is 1. The summed E-state index contributed by atoms with van der Waals surface area (Å²) in [5.74, 6) is 0. The number of nitrogens with two attached hydrogens (primary N) is 1. The SMILES string of the molecule is C[n+]1cccc2ccc(NCCCN)cc21. The number of fused-ring (bicyclic) bond motifs is 1. The van der Waals surface area contributed by atoms with Gasteiger partial charge in [0.25, 0.3) is 0 Å². The van der Waals surface area contributed by atoms with Crippen molar-refractivity contribution in [1.82, 2.24) is 0 Å². The lowest BCUT2D eigenvalue weighted by molar-refractivity contribution is -0.644. The standard InChI is InChI=1S/C13H17N3/c1-16-9-2-4-11-5-6-12(10-13(11)16)15-8-3-7-14/h2,4-6,9-10H,3,7-8,14H2,1H3/p+1. The molecule has 0 aliphatic rings. The highest BCUT2D eigenvalue weighted by molar-refractivity contribution is 5.79. The van der Waals surface area contributed by atoms with Gasteiger partial charge in [-0.3, -0.25) is 0 Å². The summed E-state index contributed by atoms with van der Waals surface area (Å²) in [6.45, 7) is 1.66. The first-order chi connectivity index (χ1) is 7.81. The first-order valence-electron chi connectivity index (χ1n) is 5.63. The van der Waals surface area contributed by atoms with E-state index in [1.165, 1.54) is 10.9 Å². The molecule has 0 atom stereocenters. The van der Waals surface area contributed by atoms with Gasteiger partial charge in [0, 0.05) is 29.8 Å². The number of aromatic nitrogens is 1. The van der Waals surface area contributed by atoms with E-state index in [1.54, 1.807) is 0 Å². The van der Waals surface area contributed by atoms with Crippen LogP contribution < -0.4 is 15.6 Å². The second-order valence-corrected chi connectivity index (χ2v) is 3.96. The molecule has 0 aliphatic carbocycles. The van der Waals surface area contributed by atoms with Crippen molar-refractivity contribution < 1.29 is 4.57 Å². The van der Waals surface area contributed by atoms with Crippen molar-refractivity contribution in [2.45, 2.75) is 6.42 Å². The highest BCUT2D eigenvalue weighted by Gasteiger charge is 2.04. The molecule has 1 aromatic heterocycles. The third-order valence-corrected chi connectivity index (χ3v) is 2.71. The number of pyridine rings is 1. The van der Waals surface area contributed by atoms with Gasteiger partial charge in [0.1, 0.15) is 7.05 Å². The van der Waals surface area contributed by atoms with Gasteiger partial charge in [0.15, 0.2) is 6.20 Å². The molecule has 16 heavy (non-hydrogen) atoms. The van der Waals surface area contributed by atoms with E-state index < -0.39 is 0 Å². The van der Waals surface area contributed by atoms with Crippen LogP contribution in [0.4, 0.5) is 5.69 Å². The Hall–Kier alpha value is -1.61. The average molecular weight is 216 g/mol. The van der Waals surface area contributed by atoms with Gasteiger partial charge in [-0.15, -0.1) is 0 Å². The van der Waals surface area contributed by atoms with Crippen LogP contribution in [0.1, 0.15) is 6.42 Å². The molecule has 3 heteroatoms. The van der Waals surface area contributed by atoms with Crippen molar-refractivity contribution in [3.05, 3.63) is 36.5 Å². The number of anilines is 1. The number of hydrogen-bond acceptors (Lipinski definition) is 2. The fourth-order valence-corrected chi connectivity index (χ4v) is 1.79. The Morgan fingerprint density at radius 1 is 1.31 bits per heavy atom. The molecule has 0 fully saturated rings. The topological polar surface area (TPSA) is 41.9 Å². The quantitative estimate of drug-likeness (QED) is 0.599. The minimum absolute atomic E-state index is 0.731. The molecule has 1 aromatic carbocycles. The number of nitrogens with zero attached hydrogens (tertiary/aromatic N) is 1. The number of hydrogen-bond donors (Lipinski definition) is 2. The lowest BCUT2D eigenvalue weighted by Crippen LogP contribution is -2.27. The second kappa shape index (κ2) is 4.94. The van der Waals surface area contributed by atoms with Gasteiger partial charge in [-0.2, -0.15) is 0 Å². The van der Waals surface area contributed by atoms with Crippen molar-refractivity contribution in [2.75, 3.05) is 18.4 Å². The smallest absolute Gasteiger partial charge is 0.214 e. The van der Waals surface area contributed by atoms with Crippen molar-refractivity contribution in [3.63, 3.8) is 0 Å². The van der Waals surface area contributed by atoms with Gasteiger partial charge in [-0.25, -0.2) is 4.57 Å². The first kappa shape index (κ1) is 10.9. The van der Waals surface area contributed by atoms with E-state index in [0.29, 0.717) is 0 Å². The van der Waals surface area contributed by atoms with Crippen LogP contribution in [0.2, 0.25) is 0 Å². The van der Waals surface area contributed by atoms with Crippen LogP contribution in [0.15, 0.2) is 36.5 Å². The molecule has 2 rings (SSSR count). The maximum Gasteiger partial charge on any atom is 0.214 e. The van der Waals surface area contributed by atoms with Crippen molar-refractivity contribution in [2.24, 2.45) is 12.8 Å². The van der Waals surface area contributed by atoms with Gasteiger partial charge in [0.2, 0.25) is 5.52 Å². The predicted octanol–water partition coefficient (Wildman–Crippen LogP) is 1.42. The Balaban J connectivity index is 2.25. The summed E-state index contributed by atoms with van der Waals surface area (Å²) in [6.07, 6.45) is 3.06. The van der Waals surface area contributed by atoms with Gasteiger partial charge in [0.05, 0.1) is 0 Å².